The third-order valence-electron chi connectivity index (χ3n) is 6.13. The zero-order valence-electron chi connectivity index (χ0n) is 18.0. The molecule has 3 heterocycles. The Labute approximate surface area is 190 Å². The van der Waals surface area contributed by atoms with Gasteiger partial charge in [0.2, 0.25) is 0 Å². The smallest absolute Gasteiger partial charge is 0.255 e. The van der Waals surface area contributed by atoms with Crippen molar-refractivity contribution in [3.05, 3.63) is 107 Å². The van der Waals surface area contributed by atoms with Crippen LogP contribution in [0.1, 0.15) is 42.9 Å². The van der Waals surface area contributed by atoms with Gasteiger partial charge in [-0.2, -0.15) is 0 Å². The second-order valence-corrected chi connectivity index (χ2v) is 8.25. The molecule has 0 unspecified atom stereocenters. The highest BCUT2D eigenvalue weighted by Gasteiger charge is 2.41. The number of nitrogens with one attached hydrogen (secondary N) is 2. The van der Waals surface area contributed by atoms with Gasteiger partial charge in [-0.05, 0) is 55.3 Å². The van der Waals surface area contributed by atoms with Crippen molar-refractivity contribution >= 4 is 17.5 Å². The van der Waals surface area contributed by atoms with Gasteiger partial charge in [0.1, 0.15) is 17.4 Å². The van der Waals surface area contributed by atoms with Gasteiger partial charge in [-0.1, -0.05) is 18.2 Å². The maximum absolute atomic E-state index is 13.7. The molecule has 7 heteroatoms. The lowest BCUT2D eigenvalue weighted by atomic mass is 9.72. The average molecular weight is 443 g/mol. The highest BCUT2D eigenvalue weighted by Crippen LogP contribution is 2.45. The fraction of sp³-hybridized carbons (Fsp3) is 0.192. The van der Waals surface area contributed by atoms with E-state index in [4.69, 9.17) is 4.42 Å². The van der Waals surface area contributed by atoms with Crippen LogP contribution < -0.4 is 10.6 Å². The lowest BCUT2D eigenvalue weighted by molar-refractivity contribution is -0.116. The molecule has 166 valence electrons. The number of dihydropyridines is 1. The molecule has 5 rings (SSSR count). The second kappa shape index (κ2) is 8.50. The van der Waals surface area contributed by atoms with E-state index in [1.807, 2.05) is 19.1 Å². The number of aromatic nitrogens is 1. The number of amides is 1. The number of benzene rings is 1. The second-order valence-electron chi connectivity index (χ2n) is 8.25. The fourth-order valence-electron chi connectivity index (χ4n) is 4.67. The van der Waals surface area contributed by atoms with Crippen LogP contribution in [0.3, 0.4) is 0 Å². The van der Waals surface area contributed by atoms with E-state index in [2.05, 4.69) is 15.6 Å². The van der Waals surface area contributed by atoms with Gasteiger partial charge in [-0.3, -0.25) is 9.59 Å². The molecule has 2 atom stereocenters. The fourth-order valence-corrected chi connectivity index (χ4v) is 4.67. The maximum Gasteiger partial charge on any atom is 0.255 e. The molecular formula is C26H22FN3O3. The van der Waals surface area contributed by atoms with Crippen LogP contribution in [0.5, 0.6) is 0 Å². The van der Waals surface area contributed by atoms with Gasteiger partial charge < -0.3 is 15.1 Å². The quantitative estimate of drug-likeness (QED) is 0.604. The topological polar surface area (TPSA) is 84.2 Å². The number of furan rings is 1. The molecule has 2 aliphatic rings. The molecule has 1 aromatic carbocycles. The van der Waals surface area contributed by atoms with E-state index in [0.717, 1.165) is 11.5 Å². The molecule has 2 N–H and O–H groups in total. The monoisotopic (exact) mass is 443 g/mol. The number of pyridine rings is 1. The molecule has 1 aliphatic carbocycles. The number of carbonyl (C=O) groups is 2. The minimum Gasteiger partial charge on any atom is -0.469 e. The summed E-state index contributed by atoms with van der Waals surface area (Å²) in [6, 6.07) is 14.9. The molecule has 0 saturated carbocycles. The Morgan fingerprint density at radius 1 is 1.12 bits per heavy atom. The number of ketones is 1. The number of hydrogen-bond donors (Lipinski definition) is 2. The molecule has 0 spiro atoms. The summed E-state index contributed by atoms with van der Waals surface area (Å²) < 4.78 is 19.2. The Hall–Kier alpha value is -4.00. The predicted molar refractivity (Wildman–Crippen MR) is 121 cm³/mol. The van der Waals surface area contributed by atoms with E-state index in [1.54, 1.807) is 42.8 Å². The lowest BCUT2D eigenvalue weighted by Gasteiger charge is -2.36. The average Bonchev–Trinajstić information content (AvgIpc) is 3.34. The summed E-state index contributed by atoms with van der Waals surface area (Å²) >= 11 is 0. The number of carbonyl (C=O) groups excluding carboxylic acids is 2. The van der Waals surface area contributed by atoms with Crippen molar-refractivity contribution in [3.63, 3.8) is 0 Å². The minimum absolute atomic E-state index is 0.0601. The van der Waals surface area contributed by atoms with Crippen LogP contribution in [0.4, 0.5) is 10.2 Å². The Morgan fingerprint density at radius 2 is 1.94 bits per heavy atom. The Balaban J connectivity index is 1.57. The molecule has 0 radical (unpaired) electrons. The summed E-state index contributed by atoms with van der Waals surface area (Å²) in [7, 11) is 0. The van der Waals surface area contributed by atoms with Gasteiger partial charge in [0.05, 0.1) is 6.26 Å². The molecule has 0 bridgehead atoms. The Morgan fingerprint density at radius 3 is 2.64 bits per heavy atom. The lowest BCUT2D eigenvalue weighted by Crippen LogP contribution is -2.37. The molecule has 1 amide bonds. The van der Waals surface area contributed by atoms with E-state index in [1.165, 1.54) is 12.1 Å². The van der Waals surface area contributed by atoms with Crippen molar-refractivity contribution in [3.8, 4) is 0 Å². The van der Waals surface area contributed by atoms with Crippen LogP contribution in [-0.4, -0.2) is 16.7 Å². The van der Waals surface area contributed by atoms with Gasteiger partial charge in [0.15, 0.2) is 5.78 Å². The van der Waals surface area contributed by atoms with Crippen LogP contribution >= 0.6 is 0 Å². The molecule has 1 aliphatic heterocycles. The molecule has 2 aromatic heterocycles. The third kappa shape index (κ3) is 3.98. The zero-order chi connectivity index (χ0) is 22.9. The van der Waals surface area contributed by atoms with Gasteiger partial charge in [0, 0.05) is 47.0 Å². The summed E-state index contributed by atoms with van der Waals surface area (Å²) in [6.45, 7) is 1.81. The SMILES string of the molecule is CC1=C(C(=O)Nc2ccccn2)[C@@H](c2ccc(F)cc2)C2=C(C[C@@H](c3ccco3)CC2=O)N1. The molecule has 0 fully saturated rings. The van der Waals surface area contributed by atoms with Crippen molar-refractivity contribution in [1.29, 1.82) is 0 Å². The summed E-state index contributed by atoms with van der Waals surface area (Å²) in [5, 5.41) is 6.13. The van der Waals surface area contributed by atoms with Gasteiger partial charge in [-0.25, -0.2) is 9.37 Å². The van der Waals surface area contributed by atoms with Crippen LogP contribution in [0, 0.1) is 5.82 Å². The van der Waals surface area contributed by atoms with E-state index in [9.17, 15) is 14.0 Å². The van der Waals surface area contributed by atoms with Crippen molar-refractivity contribution in [2.75, 3.05) is 5.32 Å². The first kappa shape index (κ1) is 20.9. The molecule has 0 saturated heterocycles. The summed E-state index contributed by atoms with van der Waals surface area (Å²) in [5.74, 6) is -0.325. The first-order valence-electron chi connectivity index (χ1n) is 10.8. The van der Waals surface area contributed by atoms with Crippen molar-refractivity contribution < 1.29 is 18.4 Å². The van der Waals surface area contributed by atoms with Crippen molar-refractivity contribution in [2.24, 2.45) is 0 Å². The largest absolute Gasteiger partial charge is 0.469 e. The summed E-state index contributed by atoms with van der Waals surface area (Å²) in [6.07, 6.45) is 4.05. The Kier molecular flexibility index (Phi) is 5.38. The molecule has 6 nitrogen and oxygen atoms in total. The highest BCUT2D eigenvalue weighted by atomic mass is 19.1. The standard InChI is InChI=1S/C26H22FN3O3/c1-15-23(26(32)30-22-6-2-3-11-28-22)24(16-7-9-18(27)10-8-16)25-19(29-15)13-17(14-20(25)31)21-5-4-12-33-21/h2-12,17,24,29H,13-14H2,1H3,(H,28,30,32)/t17-,24-/m1/s1. The summed E-state index contributed by atoms with van der Waals surface area (Å²) in [4.78, 5) is 31.0. The molecule has 33 heavy (non-hydrogen) atoms. The molecule has 3 aromatic rings. The predicted octanol–water partition coefficient (Wildman–Crippen LogP) is 4.81. The first-order valence-corrected chi connectivity index (χ1v) is 10.8. The van der Waals surface area contributed by atoms with Gasteiger partial charge >= 0.3 is 0 Å². The van der Waals surface area contributed by atoms with Gasteiger partial charge in [0.25, 0.3) is 5.91 Å². The van der Waals surface area contributed by atoms with Crippen molar-refractivity contribution in [1.82, 2.24) is 10.3 Å². The normalized spacial score (nSPS) is 20.4. The number of rotatable bonds is 4. The number of Topliss-reactive ketones (excluding diaryl/α,β-unsaturated/α-hetero) is 1. The third-order valence-corrected chi connectivity index (χ3v) is 6.13. The highest BCUT2D eigenvalue weighted by molar-refractivity contribution is 6.09. The van der Waals surface area contributed by atoms with E-state index in [0.29, 0.717) is 34.6 Å². The van der Waals surface area contributed by atoms with Crippen LogP contribution in [0.25, 0.3) is 0 Å². The van der Waals surface area contributed by atoms with Gasteiger partial charge in [-0.15, -0.1) is 0 Å². The van der Waals surface area contributed by atoms with Crippen LogP contribution in [0.15, 0.2) is 94.0 Å². The van der Waals surface area contributed by atoms with Crippen LogP contribution in [-0.2, 0) is 9.59 Å². The number of allylic oxidation sites excluding steroid dienone is 3. The number of anilines is 1. The number of halogens is 1. The first-order chi connectivity index (χ1) is 16.0. The Bertz CT molecular complexity index is 1260. The minimum atomic E-state index is -0.615. The summed E-state index contributed by atoms with van der Waals surface area (Å²) in [5.41, 5.74) is 3.05. The van der Waals surface area contributed by atoms with E-state index in [-0.39, 0.29) is 29.8 Å². The maximum atomic E-state index is 13.7. The number of nitrogens with zero attached hydrogens (tertiary/aromatic N) is 1. The number of hydrogen-bond acceptors (Lipinski definition) is 5. The van der Waals surface area contributed by atoms with Crippen LogP contribution in [0.2, 0.25) is 0 Å². The van der Waals surface area contributed by atoms with E-state index >= 15 is 0 Å². The zero-order valence-corrected chi connectivity index (χ0v) is 18.0. The van der Waals surface area contributed by atoms with Crippen molar-refractivity contribution in [2.45, 2.75) is 31.6 Å². The van der Waals surface area contributed by atoms with E-state index < -0.39 is 5.92 Å². The molecular weight excluding hydrogens is 421 g/mol.